The molecule has 1 aliphatic rings. The number of carboxylic acids is 1. The van der Waals surface area contributed by atoms with Gasteiger partial charge in [0, 0.05) is 6.04 Å². The molecule has 0 aliphatic heterocycles. The summed E-state index contributed by atoms with van der Waals surface area (Å²) >= 11 is 0. The Morgan fingerprint density at radius 1 is 1.58 bits per heavy atom. The van der Waals surface area contributed by atoms with E-state index < -0.39 is 16.7 Å². The molecule has 1 aliphatic carbocycles. The van der Waals surface area contributed by atoms with Crippen LogP contribution in [-0.4, -0.2) is 22.0 Å². The first-order valence-electron chi connectivity index (χ1n) is 5.89. The zero-order valence-corrected chi connectivity index (χ0v) is 10.0. The number of carboxylic acid groups (broad SMARTS) is 1. The molecule has 1 atom stereocenters. The van der Waals surface area contributed by atoms with Crippen LogP contribution < -0.4 is 5.32 Å². The summed E-state index contributed by atoms with van der Waals surface area (Å²) in [5.41, 5.74) is -0.222. The van der Waals surface area contributed by atoms with Crippen LogP contribution in [0.25, 0.3) is 0 Å². The Morgan fingerprint density at radius 2 is 2.26 bits per heavy atom. The summed E-state index contributed by atoms with van der Waals surface area (Å²) in [5, 5.41) is 22.5. The summed E-state index contributed by atoms with van der Waals surface area (Å²) in [7, 11) is 0. The van der Waals surface area contributed by atoms with E-state index >= 15 is 0 Å². The molecule has 1 saturated carbocycles. The van der Waals surface area contributed by atoms with Crippen molar-refractivity contribution in [1.29, 1.82) is 0 Å². The molecule has 1 unspecified atom stereocenters. The molecule has 0 saturated heterocycles. The van der Waals surface area contributed by atoms with E-state index in [2.05, 4.69) is 5.32 Å². The van der Waals surface area contributed by atoms with Crippen molar-refractivity contribution in [1.82, 2.24) is 0 Å². The van der Waals surface area contributed by atoms with Gasteiger partial charge in [0.2, 0.25) is 0 Å². The molecule has 1 aromatic carbocycles. The van der Waals surface area contributed by atoms with Gasteiger partial charge < -0.3 is 10.4 Å². The second-order valence-corrected chi connectivity index (χ2v) is 4.60. The van der Waals surface area contributed by atoms with Gasteiger partial charge >= 0.3 is 5.97 Å². The first-order valence-corrected chi connectivity index (χ1v) is 5.89. The van der Waals surface area contributed by atoms with Crippen LogP contribution in [0.5, 0.6) is 0 Å². The van der Waals surface area contributed by atoms with Gasteiger partial charge in [0.15, 0.2) is 0 Å². The molecule has 2 rings (SSSR count). The van der Waals surface area contributed by atoms with Gasteiger partial charge in [-0.2, -0.15) is 0 Å². The highest BCUT2D eigenvalue weighted by molar-refractivity contribution is 5.69. The number of halogens is 1. The number of nitrogens with one attached hydrogen (secondary N) is 1. The molecular formula is C12H13FN2O4. The van der Waals surface area contributed by atoms with Crippen molar-refractivity contribution in [2.75, 3.05) is 5.32 Å². The summed E-state index contributed by atoms with van der Waals surface area (Å²) in [4.78, 5) is 20.9. The summed E-state index contributed by atoms with van der Waals surface area (Å²) in [5.74, 6) is -1.45. The summed E-state index contributed by atoms with van der Waals surface area (Å²) in [6, 6.07) is 2.85. The molecule has 19 heavy (non-hydrogen) atoms. The van der Waals surface area contributed by atoms with Gasteiger partial charge in [-0.3, -0.25) is 14.9 Å². The minimum atomic E-state index is -0.964. The molecule has 2 N–H and O–H groups in total. The molecule has 0 spiro atoms. The maximum Gasteiger partial charge on any atom is 0.305 e. The van der Waals surface area contributed by atoms with Crippen LogP contribution in [0.1, 0.15) is 19.3 Å². The van der Waals surface area contributed by atoms with E-state index in [0.29, 0.717) is 0 Å². The van der Waals surface area contributed by atoms with Gasteiger partial charge in [0.05, 0.1) is 17.4 Å². The Bertz CT molecular complexity index is 516. The number of hydrogen-bond donors (Lipinski definition) is 2. The molecule has 7 heteroatoms. The zero-order chi connectivity index (χ0) is 14.0. The van der Waals surface area contributed by atoms with E-state index in [1.165, 1.54) is 6.07 Å². The third-order valence-electron chi connectivity index (χ3n) is 3.08. The Kier molecular flexibility index (Phi) is 3.64. The second-order valence-electron chi connectivity index (χ2n) is 4.60. The van der Waals surface area contributed by atoms with E-state index in [-0.39, 0.29) is 29.8 Å². The molecule has 0 radical (unpaired) electrons. The molecule has 0 heterocycles. The van der Waals surface area contributed by atoms with E-state index in [9.17, 15) is 19.3 Å². The Labute approximate surface area is 108 Å². The number of hydrogen-bond acceptors (Lipinski definition) is 4. The van der Waals surface area contributed by atoms with Crippen molar-refractivity contribution >= 4 is 17.3 Å². The van der Waals surface area contributed by atoms with E-state index in [1.54, 1.807) is 0 Å². The van der Waals surface area contributed by atoms with Crippen molar-refractivity contribution < 1.29 is 19.2 Å². The second kappa shape index (κ2) is 5.21. The van der Waals surface area contributed by atoms with Crippen LogP contribution >= 0.6 is 0 Å². The van der Waals surface area contributed by atoms with Gasteiger partial charge in [0.25, 0.3) is 5.69 Å². The highest BCUT2D eigenvalue weighted by Crippen LogP contribution is 2.37. The number of carbonyl (C=O) groups is 1. The fourth-order valence-corrected chi connectivity index (χ4v) is 2.00. The molecule has 6 nitrogen and oxygen atoms in total. The zero-order valence-electron chi connectivity index (χ0n) is 10.0. The van der Waals surface area contributed by atoms with Crippen molar-refractivity contribution in [3.8, 4) is 0 Å². The molecule has 102 valence electrons. The van der Waals surface area contributed by atoms with Crippen LogP contribution in [0.4, 0.5) is 15.8 Å². The average Bonchev–Trinajstić information content (AvgIpc) is 3.13. The number of benzene rings is 1. The summed E-state index contributed by atoms with van der Waals surface area (Å²) in [6.07, 6.45) is 1.69. The number of rotatable bonds is 6. The maximum atomic E-state index is 13.0. The topological polar surface area (TPSA) is 92.5 Å². The number of anilines is 1. The van der Waals surface area contributed by atoms with Gasteiger partial charge in [-0.15, -0.1) is 0 Å². The third kappa shape index (κ3) is 3.40. The largest absolute Gasteiger partial charge is 0.481 e. The van der Waals surface area contributed by atoms with Crippen molar-refractivity contribution in [3.05, 3.63) is 34.1 Å². The first kappa shape index (κ1) is 13.3. The number of nitro groups is 1. The van der Waals surface area contributed by atoms with Crippen molar-refractivity contribution in [2.24, 2.45) is 5.92 Å². The van der Waals surface area contributed by atoms with Crippen molar-refractivity contribution in [2.45, 2.75) is 25.3 Å². The predicted molar refractivity (Wildman–Crippen MR) is 65.4 cm³/mol. The van der Waals surface area contributed by atoms with E-state index in [0.717, 1.165) is 25.0 Å². The lowest BCUT2D eigenvalue weighted by molar-refractivity contribution is -0.384. The Hall–Kier alpha value is -2.18. The smallest absolute Gasteiger partial charge is 0.305 e. The first-order chi connectivity index (χ1) is 8.97. The van der Waals surface area contributed by atoms with E-state index in [1.807, 2.05) is 0 Å². The lowest BCUT2D eigenvalue weighted by atomic mass is 10.1. The quantitative estimate of drug-likeness (QED) is 0.610. The molecule has 1 aromatic rings. The van der Waals surface area contributed by atoms with Gasteiger partial charge in [-0.1, -0.05) is 0 Å². The maximum absolute atomic E-state index is 13.0. The Balaban J connectivity index is 2.20. The SMILES string of the molecule is O=C(O)CC(Nc1ccc(F)cc1[N+](=O)[O-])C1CC1. The average molecular weight is 268 g/mol. The molecule has 1 fully saturated rings. The number of aliphatic carboxylic acids is 1. The molecule has 0 aromatic heterocycles. The van der Waals surface area contributed by atoms with Crippen LogP contribution in [-0.2, 0) is 4.79 Å². The van der Waals surface area contributed by atoms with E-state index in [4.69, 9.17) is 5.11 Å². The number of nitrogens with zero attached hydrogens (tertiary/aromatic N) is 1. The van der Waals surface area contributed by atoms with Crippen LogP contribution in [0.2, 0.25) is 0 Å². The van der Waals surface area contributed by atoms with Gasteiger partial charge in [-0.05, 0) is 30.9 Å². The highest BCUT2D eigenvalue weighted by atomic mass is 19.1. The minimum absolute atomic E-state index is 0.112. The summed E-state index contributed by atoms with van der Waals surface area (Å²) in [6.45, 7) is 0. The van der Waals surface area contributed by atoms with Crippen LogP contribution in [0.3, 0.4) is 0 Å². The van der Waals surface area contributed by atoms with Gasteiger partial charge in [-0.25, -0.2) is 4.39 Å². The highest BCUT2D eigenvalue weighted by Gasteiger charge is 2.33. The number of nitro benzene ring substituents is 1. The summed E-state index contributed by atoms with van der Waals surface area (Å²) < 4.78 is 13.0. The predicted octanol–water partition coefficient (Wildman–Crippen LogP) is 2.40. The standard InChI is InChI=1S/C12H13FN2O4/c13-8-3-4-9(11(5-8)15(18)19)14-10(6-12(16)17)7-1-2-7/h3-5,7,10,14H,1-2,6H2,(H,16,17). The lowest BCUT2D eigenvalue weighted by Crippen LogP contribution is -2.25. The molecule has 0 bridgehead atoms. The molecule has 0 amide bonds. The van der Waals surface area contributed by atoms with Crippen molar-refractivity contribution in [3.63, 3.8) is 0 Å². The normalized spacial score (nSPS) is 15.8. The third-order valence-corrected chi connectivity index (χ3v) is 3.08. The van der Waals surface area contributed by atoms with Gasteiger partial charge in [0.1, 0.15) is 11.5 Å². The Morgan fingerprint density at radius 3 is 2.79 bits per heavy atom. The monoisotopic (exact) mass is 268 g/mol. The van der Waals surface area contributed by atoms with Crippen LogP contribution in [0.15, 0.2) is 18.2 Å². The lowest BCUT2D eigenvalue weighted by Gasteiger charge is -2.17. The fourth-order valence-electron chi connectivity index (χ4n) is 2.00. The van der Waals surface area contributed by atoms with Crippen LogP contribution in [0, 0.1) is 21.8 Å². The minimum Gasteiger partial charge on any atom is -0.481 e. The molecular weight excluding hydrogens is 255 g/mol. The fraction of sp³-hybridized carbons (Fsp3) is 0.417.